The lowest BCUT2D eigenvalue weighted by molar-refractivity contribution is -0.150. The highest BCUT2D eigenvalue weighted by molar-refractivity contribution is 6.43. The first-order chi connectivity index (χ1) is 13.6. The van der Waals surface area contributed by atoms with Gasteiger partial charge in [0.15, 0.2) is 6.10 Å². The van der Waals surface area contributed by atoms with Crippen LogP contribution >= 0.6 is 23.2 Å². The van der Waals surface area contributed by atoms with E-state index in [0.29, 0.717) is 11.3 Å². The summed E-state index contributed by atoms with van der Waals surface area (Å²) in [5.74, 6) is -0.104. The zero-order chi connectivity index (χ0) is 21.3. The number of hydrogen-bond donors (Lipinski definition) is 0. The second kappa shape index (κ2) is 8.16. The minimum absolute atomic E-state index is 0.217. The van der Waals surface area contributed by atoms with Gasteiger partial charge in [-0.05, 0) is 44.2 Å². The fourth-order valence-corrected chi connectivity index (χ4v) is 3.37. The number of benzene rings is 2. The number of hydrogen-bond acceptors (Lipinski definition) is 3. The summed E-state index contributed by atoms with van der Waals surface area (Å²) >= 11 is 12.0. The zero-order valence-corrected chi connectivity index (χ0v) is 16.9. The Labute approximate surface area is 174 Å². The van der Waals surface area contributed by atoms with E-state index in [2.05, 4.69) is 0 Å². The maximum Gasteiger partial charge on any atom is 0.417 e. The Morgan fingerprint density at radius 1 is 1.14 bits per heavy atom. The van der Waals surface area contributed by atoms with Crippen LogP contribution in [0.4, 0.5) is 13.2 Å². The van der Waals surface area contributed by atoms with Crippen molar-refractivity contribution in [1.29, 1.82) is 0 Å². The van der Waals surface area contributed by atoms with Gasteiger partial charge in [-0.25, -0.2) is 4.79 Å². The number of rotatable bonds is 5. The van der Waals surface area contributed by atoms with Crippen molar-refractivity contribution in [2.24, 2.45) is 0 Å². The van der Waals surface area contributed by atoms with Crippen LogP contribution < -0.4 is 4.74 Å². The third-order valence-corrected chi connectivity index (χ3v) is 5.09. The number of aromatic nitrogens is 1. The fourth-order valence-electron chi connectivity index (χ4n) is 2.85. The lowest BCUT2D eigenvalue weighted by Crippen LogP contribution is -2.26. The van der Waals surface area contributed by atoms with Gasteiger partial charge < -0.3 is 14.0 Å². The van der Waals surface area contributed by atoms with Crippen LogP contribution in [0.5, 0.6) is 5.75 Å². The molecule has 1 aromatic heterocycles. The lowest BCUT2D eigenvalue weighted by Gasteiger charge is -2.16. The predicted molar refractivity (Wildman–Crippen MR) is 105 cm³/mol. The van der Waals surface area contributed by atoms with Crippen molar-refractivity contribution in [1.82, 2.24) is 4.57 Å². The SMILES string of the molecule is CCOC(=O)C(C)Oc1ccc2ccn(-c3ccc(C(F)(F)F)c(Cl)c3Cl)c2c1. The highest BCUT2D eigenvalue weighted by Gasteiger charge is 2.34. The molecule has 0 aliphatic rings. The van der Waals surface area contributed by atoms with Gasteiger partial charge in [0, 0.05) is 17.6 Å². The van der Waals surface area contributed by atoms with E-state index in [-0.39, 0.29) is 17.3 Å². The highest BCUT2D eigenvalue weighted by Crippen LogP contribution is 2.41. The molecule has 0 bridgehead atoms. The summed E-state index contributed by atoms with van der Waals surface area (Å²) in [5, 5.41) is 0.0142. The molecule has 4 nitrogen and oxygen atoms in total. The second-order valence-electron chi connectivity index (χ2n) is 6.18. The van der Waals surface area contributed by atoms with Crippen molar-refractivity contribution >= 4 is 40.1 Å². The number of halogens is 5. The van der Waals surface area contributed by atoms with Gasteiger partial charge >= 0.3 is 12.1 Å². The number of esters is 1. The molecule has 2 aromatic carbocycles. The average Bonchev–Trinajstić information content (AvgIpc) is 3.06. The molecule has 3 aromatic rings. The summed E-state index contributed by atoms with van der Waals surface area (Å²) in [7, 11) is 0. The number of alkyl halides is 3. The molecule has 1 atom stereocenters. The van der Waals surface area contributed by atoms with Crippen molar-refractivity contribution in [3.8, 4) is 11.4 Å². The van der Waals surface area contributed by atoms with Crippen LogP contribution in [0, 0.1) is 0 Å². The summed E-state index contributed by atoms with van der Waals surface area (Å²) in [4.78, 5) is 11.8. The first kappa shape index (κ1) is 21.3. The van der Waals surface area contributed by atoms with Gasteiger partial charge in [-0.1, -0.05) is 23.2 Å². The van der Waals surface area contributed by atoms with Crippen LogP contribution in [-0.2, 0) is 15.7 Å². The van der Waals surface area contributed by atoms with Crippen LogP contribution in [0.1, 0.15) is 19.4 Å². The van der Waals surface area contributed by atoms with E-state index in [0.717, 1.165) is 11.5 Å². The average molecular weight is 446 g/mol. The standard InChI is InChI=1S/C20H16Cl2F3NO3/c1-3-28-19(27)11(2)29-13-5-4-12-8-9-26(16(12)10-13)15-7-6-14(20(23,24)25)17(21)18(15)22/h4-11H,3H2,1-2H3. The molecule has 0 saturated carbocycles. The van der Waals surface area contributed by atoms with Crippen molar-refractivity contribution < 1.29 is 27.4 Å². The Morgan fingerprint density at radius 3 is 2.52 bits per heavy atom. The molecular weight excluding hydrogens is 430 g/mol. The second-order valence-corrected chi connectivity index (χ2v) is 6.93. The fraction of sp³-hybridized carbons (Fsp3) is 0.250. The Hall–Kier alpha value is -2.38. The number of carbonyl (C=O) groups excluding carboxylic acids is 1. The molecule has 0 fully saturated rings. The van der Waals surface area contributed by atoms with E-state index >= 15 is 0 Å². The smallest absolute Gasteiger partial charge is 0.417 e. The Morgan fingerprint density at radius 2 is 1.86 bits per heavy atom. The molecule has 29 heavy (non-hydrogen) atoms. The van der Waals surface area contributed by atoms with Crippen molar-refractivity contribution in [2.75, 3.05) is 6.61 Å². The van der Waals surface area contributed by atoms with E-state index < -0.39 is 28.8 Å². The number of fused-ring (bicyclic) bond motifs is 1. The number of carbonyl (C=O) groups is 1. The van der Waals surface area contributed by atoms with Crippen LogP contribution in [-0.4, -0.2) is 23.2 Å². The lowest BCUT2D eigenvalue weighted by atomic mass is 10.2. The number of ether oxygens (including phenoxy) is 2. The van der Waals surface area contributed by atoms with E-state index in [1.54, 1.807) is 48.9 Å². The topological polar surface area (TPSA) is 40.5 Å². The van der Waals surface area contributed by atoms with Crippen molar-refractivity contribution in [2.45, 2.75) is 26.1 Å². The van der Waals surface area contributed by atoms with Gasteiger partial charge in [0.1, 0.15) is 5.75 Å². The Kier molecular flexibility index (Phi) is 6.00. The maximum absolute atomic E-state index is 13.0. The molecule has 0 aliphatic heterocycles. The van der Waals surface area contributed by atoms with Gasteiger partial charge in [-0.15, -0.1) is 0 Å². The number of nitrogens with zero attached hydrogens (tertiary/aromatic N) is 1. The molecule has 0 N–H and O–H groups in total. The van der Waals surface area contributed by atoms with Crippen molar-refractivity contribution in [3.05, 3.63) is 58.2 Å². The van der Waals surface area contributed by atoms with E-state index in [1.165, 1.54) is 6.07 Å². The normalized spacial score (nSPS) is 12.8. The van der Waals surface area contributed by atoms with Gasteiger partial charge in [-0.3, -0.25) is 0 Å². The predicted octanol–water partition coefficient (Wildman–Crippen LogP) is 6.29. The minimum atomic E-state index is -4.61. The van der Waals surface area contributed by atoms with Crippen LogP contribution in [0.3, 0.4) is 0 Å². The molecule has 0 amide bonds. The van der Waals surface area contributed by atoms with Gasteiger partial charge in [-0.2, -0.15) is 13.2 Å². The third kappa shape index (κ3) is 4.31. The molecule has 3 rings (SSSR count). The molecule has 0 spiro atoms. The van der Waals surface area contributed by atoms with Crippen LogP contribution in [0.2, 0.25) is 10.0 Å². The third-order valence-electron chi connectivity index (χ3n) is 4.22. The van der Waals surface area contributed by atoms with E-state index in [9.17, 15) is 18.0 Å². The van der Waals surface area contributed by atoms with Crippen LogP contribution in [0.15, 0.2) is 42.6 Å². The summed E-state index contributed by atoms with van der Waals surface area (Å²) in [6.07, 6.45) is -3.77. The molecule has 9 heteroatoms. The summed E-state index contributed by atoms with van der Waals surface area (Å²) in [6, 6.07) is 9.02. The van der Waals surface area contributed by atoms with Crippen molar-refractivity contribution in [3.63, 3.8) is 0 Å². The Balaban J connectivity index is 2.01. The maximum atomic E-state index is 13.0. The monoisotopic (exact) mass is 445 g/mol. The highest BCUT2D eigenvalue weighted by atomic mass is 35.5. The minimum Gasteiger partial charge on any atom is -0.479 e. The summed E-state index contributed by atoms with van der Waals surface area (Å²) in [6.45, 7) is 3.50. The molecule has 1 unspecified atom stereocenters. The summed E-state index contributed by atoms with van der Waals surface area (Å²) in [5.41, 5.74) is -0.0943. The van der Waals surface area contributed by atoms with Gasteiger partial charge in [0.2, 0.25) is 0 Å². The molecular formula is C20H16Cl2F3NO3. The molecule has 0 aliphatic carbocycles. The summed E-state index contributed by atoms with van der Waals surface area (Å²) < 4.78 is 51.3. The first-order valence-corrected chi connectivity index (χ1v) is 9.39. The largest absolute Gasteiger partial charge is 0.479 e. The molecule has 0 radical (unpaired) electrons. The molecule has 1 heterocycles. The van der Waals surface area contributed by atoms with E-state index in [4.69, 9.17) is 32.7 Å². The quantitative estimate of drug-likeness (QED) is 0.433. The van der Waals surface area contributed by atoms with Gasteiger partial charge in [0.25, 0.3) is 0 Å². The molecule has 0 saturated heterocycles. The zero-order valence-electron chi connectivity index (χ0n) is 15.4. The van der Waals surface area contributed by atoms with Gasteiger partial charge in [0.05, 0.1) is 33.4 Å². The first-order valence-electron chi connectivity index (χ1n) is 8.63. The Bertz CT molecular complexity index is 1060. The molecule has 154 valence electrons. The van der Waals surface area contributed by atoms with E-state index in [1.807, 2.05) is 0 Å². The van der Waals surface area contributed by atoms with Crippen LogP contribution in [0.25, 0.3) is 16.6 Å².